The van der Waals surface area contributed by atoms with Gasteiger partial charge in [-0.3, -0.25) is 4.79 Å². The first-order chi connectivity index (χ1) is 6.77. The lowest BCUT2D eigenvalue weighted by Gasteiger charge is -2.08. The van der Waals surface area contributed by atoms with Gasteiger partial charge in [-0.1, -0.05) is 30.3 Å². The molecule has 0 saturated heterocycles. The molecule has 0 aliphatic carbocycles. The summed E-state index contributed by atoms with van der Waals surface area (Å²) in [6.45, 7) is 0. The van der Waals surface area contributed by atoms with Gasteiger partial charge >= 0.3 is 0 Å². The normalized spacial score (nSPS) is 20.8. The number of carbonyl (C=O) groups excluding carboxylic acids is 1. The number of hydrogen-bond acceptors (Lipinski definition) is 2. The highest BCUT2D eigenvalue weighted by Gasteiger charge is 2.16. The average molecular weight is 187 g/mol. The summed E-state index contributed by atoms with van der Waals surface area (Å²) in [4.78, 5) is 14.9. The Morgan fingerprint density at radius 2 is 1.93 bits per heavy atom. The van der Waals surface area contributed by atoms with Crippen LogP contribution in [0.5, 0.6) is 0 Å². The third kappa shape index (κ3) is 1.63. The molecule has 1 unspecified atom stereocenters. The van der Waals surface area contributed by atoms with E-state index in [1.165, 1.54) is 6.08 Å². The molecule has 0 aromatic heterocycles. The number of benzene rings is 1. The minimum Gasteiger partial charge on any atom is -0.379 e. The van der Waals surface area contributed by atoms with Crippen LogP contribution in [0.2, 0.25) is 0 Å². The summed E-state index contributed by atoms with van der Waals surface area (Å²) in [7, 11) is 0. The van der Waals surface area contributed by atoms with Crippen molar-refractivity contribution >= 4 is 11.6 Å². The summed E-state index contributed by atoms with van der Waals surface area (Å²) in [6, 6.07) is 9.39. The van der Waals surface area contributed by atoms with Crippen molar-refractivity contribution in [2.75, 3.05) is 0 Å². The van der Waals surface area contributed by atoms with Crippen LogP contribution >= 0.6 is 0 Å². The summed E-state index contributed by atoms with van der Waals surface area (Å²) < 4.78 is 0. The smallest absolute Gasteiger partial charge is 0.279 e. The van der Waals surface area contributed by atoms with Crippen molar-refractivity contribution in [3.05, 3.63) is 48.0 Å². The van der Waals surface area contributed by atoms with E-state index in [1.54, 1.807) is 6.08 Å². The van der Waals surface area contributed by atoms with E-state index in [1.807, 2.05) is 30.3 Å². The summed E-state index contributed by atoms with van der Waals surface area (Å²) in [6.07, 6.45) is 2.02. The minimum absolute atomic E-state index is 0.508. The molecule has 2 rings (SSSR count). The van der Waals surface area contributed by atoms with Gasteiger partial charge in [0.25, 0.3) is 5.91 Å². The third-order valence-electron chi connectivity index (χ3n) is 1.99. The third-order valence-corrected chi connectivity index (χ3v) is 1.99. The Morgan fingerprint density at radius 3 is 2.57 bits per heavy atom. The van der Waals surface area contributed by atoms with Gasteiger partial charge in [0.15, 0.2) is 6.10 Å². The molecule has 1 N–H and O–H groups in total. The molecule has 1 aromatic rings. The highest BCUT2D eigenvalue weighted by atomic mass is 16.3. The topological polar surface area (TPSA) is 49.7 Å². The van der Waals surface area contributed by atoms with Gasteiger partial charge in [0.05, 0.1) is 5.71 Å². The second-order valence-corrected chi connectivity index (χ2v) is 3.01. The van der Waals surface area contributed by atoms with Crippen molar-refractivity contribution < 1.29 is 9.90 Å². The van der Waals surface area contributed by atoms with Crippen molar-refractivity contribution in [2.45, 2.75) is 6.10 Å². The van der Waals surface area contributed by atoms with Gasteiger partial charge in [-0.05, 0) is 12.2 Å². The Labute approximate surface area is 81.4 Å². The maximum atomic E-state index is 11.1. The first-order valence-corrected chi connectivity index (χ1v) is 4.31. The Morgan fingerprint density at radius 1 is 1.21 bits per heavy atom. The van der Waals surface area contributed by atoms with E-state index < -0.39 is 12.0 Å². The van der Waals surface area contributed by atoms with Gasteiger partial charge in [-0.2, -0.15) is 0 Å². The lowest BCUT2D eigenvalue weighted by molar-refractivity contribution is -0.123. The first-order valence-electron chi connectivity index (χ1n) is 4.31. The van der Waals surface area contributed by atoms with Gasteiger partial charge in [0.2, 0.25) is 0 Å². The van der Waals surface area contributed by atoms with E-state index in [0.717, 1.165) is 5.56 Å². The highest BCUT2D eigenvalue weighted by molar-refractivity contribution is 6.15. The number of hydrogen-bond donors (Lipinski definition) is 1. The zero-order chi connectivity index (χ0) is 9.97. The van der Waals surface area contributed by atoms with Gasteiger partial charge in [-0.25, -0.2) is 4.99 Å². The van der Waals surface area contributed by atoms with Gasteiger partial charge in [-0.15, -0.1) is 0 Å². The van der Waals surface area contributed by atoms with Gasteiger partial charge < -0.3 is 5.11 Å². The molecule has 1 atom stereocenters. The molecule has 1 aliphatic heterocycles. The Kier molecular flexibility index (Phi) is 2.24. The van der Waals surface area contributed by atoms with E-state index in [4.69, 9.17) is 5.11 Å². The molecule has 0 saturated carbocycles. The fraction of sp³-hybridized carbons (Fsp3) is 0.0909. The number of allylic oxidation sites excluding steroid dienone is 1. The molecule has 3 heteroatoms. The van der Waals surface area contributed by atoms with Crippen LogP contribution in [-0.4, -0.2) is 22.8 Å². The van der Waals surface area contributed by atoms with E-state index in [0.29, 0.717) is 5.71 Å². The zero-order valence-electron chi connectivity index (χ0n) is 7.42. The quantitative estimate of drug-likeness (QED) is 0.711. The molecular formula is C11H9NO2. The molecule has 70 valence electrons. The molecular weight excluding hydrogens is 178 g/mol. The number of carbonyl (C=O) groups is 1. The monoisotopic (exact) mass is 187 g/mol. The van der Waals surface area contributed by atoms with Crippen LogP contribution in [0.1, 0.15) is 5.56 Å². The summed E-state index contributed by atoms with van der Waals surface area (Å²) in [5, 5.41) is 9.10. The number of rotatable bonds is 1. The molecule has 3 nitrogen and oxygen atoms in total. The maximum absolute atomic E-state index is 11.1. The maximum Gasteiger partial charge on any atom is 0.279 e. The van der Waals surface area contributed by atoms with Crippen LogP contribution in [0.3, 0.4) is 0 Å². The number of aliphatic hydroxyl groups excluding tert-OH is 1. The Balaban J connectivity index is 2.34. The molecule has 0 bridgehead atoms. The molecule has 14 heavy (non-hydrogen) atoms. The Hall–Kier alpha value is -1.74. The van der Waals surface area contributed by atoms with Gasteiger partial charge in [0.1, 0.15) is 0 Å². The zero-order valence-corrected chi connectivity index (χ0v) is 7.42. The summed E-state index contributed by atoms with van der Waals surface area (Å²) >= 11 is 0. The molecule has 0 spiro atoms. The molecule has 0 radical (unpaired) electrons. The predicted molar refractivity (Wildman–Crippen MR) is 53.1 cm³/mol. The van der Waals surface area contributed by atoms with Crippen molar-refractivity contribution in [1.82, 2.24) is 0 Å². The second kappa shape index (κ2) is 3.55. The minimum atomic E-state index is -1.08. The summed E-state index contributed by atoms with van der Waals surface area (Å²) in [5.74, 6) is -0.508. The largest absolute Gasteiger partial charge is 0.379 e. The van der Waals surface area contributed by atoms with Crippen LogP contribution in [-0.2, 0) is 4.79 Å². The Bertz CT molecular complexity index is 407. The molecule has 1 aromatic carbocycles. The molecule has 0 fully saturated rings. The van der Waals surface area contributed by atoms with E-state index in [2.05, 4.69) is 4.99 Å². The van der Waals surface area contributed by atoms with Gasteiger partial charge in [0, 0.05) is 5.56 Å². The SMILES string of the molecule is O=C1N=C(c2ccccc2)C=CC1O. The molecule has 1 amide bonds. The highest BCUT2D eigenvalue weighted by Crippen LogP contribution is 2.08. The number of nitrogens with zero attached hydrogens (tertiary/aromatic N) is 1. The van der Waals surface area contributed by atoms with Crippen LogP contribution in [0.15, 0.2) is 47.5 Å². The fourth-order valence-corrected chi connectivity index (χ4v) is 1.26. The van der Waals surface area contributed by atoms with E-state index in [-0.39, 0.29) is 0 Å². The number of amides is 1. The van der Waals surface area contributed by atoms with Crippen LogP contribution < -0.4 is 0 Å². The van der Waals surface area contributed by atoms with Crippen molar-refractivity contribution in [3.63, 3.8) is 0 Å². The standard InChI is InChI=1S/C11H9NO2/c13-10-7-6-9(12-11(10)14)8-4-2-1-3-5-8/h1-7,10,13H. The summed E-state index contributed by atoms with van der Waals surface area (Å²) in [5.41, 5.74) is 1.48. The number of dihydropyridines is 1. The van der Waals surface area contributed by atoms with Crippen LogP contribution in [0.25, 0.3) is 0 Å². The first kappa shape index (κ1) is 8.84. The molecule has 1 heterocycles. The lowest BCUT2D eigenvalue weighted by atomic mass is 10.1. The predicted octanol–water partition coefficient (Wildman–Crippen LogP) is 0.933. The van der Waals surface area contributed by atoms with Crippen molar-refractivity contribution in [3.8, 4) is 0 Å². The fourth-order valence-electron chi connectivity index (χ4n) is 1.26. The van der Waals surface area contributed by atoms with E-state index in [9.17, 15) is 4.79 Å². The van der Waals surface area contributed by atoms with E-state index >= 15 is 0 Å². The lowest BCUT2D eigenvalue weighted by Crippen LogP contribution is -2.21. The van der Waals surface area contributed by atoms with Crippen LogP contribution in [0.4, 0.5) is 0 Å². The number of aliphatic hydroxyl groups is 1. The van der Waals surface area contributed by atoms with Crippen molar-refractivity contribution in [1.29, 1.82) is 0 Å². The average Bonchev–Trinajstić information content (AvgIpc) is 2.23. The second-order valence-electron chi connectivity index (χ2n) is 3.01. The number of aliphatic imine (C=N–C) groups is 1. The van der Waals surface area contributed by atoms with Crippen LogP contribution in [0, 0.1) is 0 Å². The molecule has 1 aliphatic rings. The van der Waals surface area contributed by atoms with Crippen molar-refractivity contribution in [2.24, 2.45) is 4.99 Å².